The topological polar surface area (TPSA) is 20.2 Å². The van der Waals surface area contributed by atoms with E-state index in [4.69, 9.17) is 0 Å². The molecule has 0 unspecified atom stereocenters. The molecule has 132 valence electrons. The number of unbranched alkanes of at least 4 members (excludes halogenated alkanes) is 11. The second kappa shape index (κ2) is 14.9. The maximum Gasteiger partial charge on any atom is 0.115 e. The Morgan fingerprint density at radius 3 is 1.70 bits per heavy atom. The maximum absolute atomic E-state index is 9.24. The van der Waals surface area contributed by atoms with Gasteiger partial charge in [0.2, 0.25) is 0 Å². The molecule has 23 heavy (non-hydrogen) atoms. The third-order valence-electron chi connectivity index (χ3n) is 4.35. The van der Waals surface area contributed by atoms with Gasteiger partial charge in [-0.3, -0.25) is 0 Å². The predicted molar refractivity (Wildman–Crippen MR) is 105 cm³/mol. The van der Waals surface area contributed by atoms with Crippen LogP contribution in [-0.4, -0.2) is 10.9 Å². The Hall–Kier alpha value is -0.630. The lowest BCUT2D eigenvalue weighted by molar-refractivity contribution is 0.475. The van der Waals surface area contributed by atoms with Crippen LogP contribution in [0.4, 0.5) is 0 Å². The molecule has 0 saturated carbocycles. The molecule has 2 heteroatoms. The van der Waals surface area contributed by atoms with Gasteiger partial charge in [0.1, 0.15) is 5.75 Å². The summed E-state index contributed by atoms with van der Waals surface area (Å²) in [5.41, 5.74) is 1.31. The molecule has 0 saturated heterocycles. The third kappa shape index (κ3) is 12.5. The summed E-state index contributed by atoms with van der Waals surface area (Å²) in [6.07, 6.45) is 17.0. The molecule has 0 aliphatic carbocycles. The van der Waals surface area contributed by atoms with E-state index in [1.165, 1.54) is 88.4 Å². The maximum atomic E-state index is 9.24. The number of aromatic hydroxyl groups is 1. The first-order chi connectivity index (χ1) is 11.3. The van der Waals surface area contributed by atoms with Crippen molar-refractivity contribution in [1.82, 2.24) is 0 Å². The van der Waals surface area contributed by atoms with Crippen molar-refractivity contribution in [3.05, 3.63) is 29.8 Å². The van der Waals surface area contributed by atoms with Crippen molar-refractivity contribution in [2.75, 3.05) is 5.75 Å². The molecular weight excluding hydrogens is 300 g/mol. The van der Waals surface area contributed by atoms with E-state index in [0.717, 1.165) is 5.75 Å². The van der Waals surface area contributed by atoms with Crippen molar-refractivity contribution in [3.63, 3.8) is 0 Å². The Kier molecular flexibility index (Phi) is 13.3. The van der Waals surface area contributed by atoms with Gasteiger partial charge in [0.25, 0.3) is 0 Å². The Labute approximate surface area is 148 Å². The van der Waals surface area contributed by atoms with Crippen molar-refractivity contribution >= 4 is 11.8 Å². The second-order valence-electron chi connectivity index (χ2n) is 6.61. The zero-order valence-electron chi connectivity index (χ0n) is 15.1. The highest BCUT2D eigenvalue weighted by Crippen LogP contribution is 2.18. The van der Waals surface area contributed by atoms with E-state index in [1.54, 1.807) is 12.1 Å². The largest absolute Gasteiger partial charge is 0.508 e. The molecule has 0 aliphatic heterocycles. The third-order valence-corrected chi connectivity index (χ3v) is 5.46. The normalized spacial score (nSPS) is 11.0. The molecule has 0 spiro atoms. The van der Waals surface area contributed by atoms with Gasteiger partial charge in [-0.25, -0.2) is 0 Å². The molecule has 1 nitrogen and oxygen atoms in total. The number of benzene rings is 1. The van der Waals surface area contributed by atoms with Crippen LogP contribution in [-0.2, 0) is 5.75 Å². The standard InChI is InChI=1S/C21H36OS/c1-2-3-4-5-6-7-8-9-10-11-12-13-18-23-19-20-14-16-21(22)17-15-20/h14-17,22H,2-13,18-19H2,1H3. The summed E-state index contributed by atoms with van der Waals surface area (Å²) in [4.78, 5) is 0. The molecule has 1 aromatic rings. The van der Waals surface area contributed by atoms with Gasteiger partial charge in [-0.05, 0) is 29.9 Å². The van der Waals surface area contributed by atoms with Crippen LogP contribution in [0.3, 0.4) is 0 Å². The summed E-state index contributed by atoms with van der Waals surface area (Å²) < 4.78 is 0. The van der Waals surface area contributed by atoms with E-state index in [2.05, 4.69) is 6.92 Å². The van der Waals surface area contributed by atoms with E-state index in [9.17, 15) is 5.11 Å². The van der Waals surface area contributed by atoms with Gasteiger partial charge in [-0.1, -0.05) is 89.7 Å². The van der Waals surface area contributed by atoms with Gasteiger partial charge in [0.15, 0.2) is 0 Å². The Bertz CT molecular complexity index is 361. The monoisotopic (exact) mass is 336 g/mol. The van der Waals surface area contributed by atoms with Gasteiger partial charge in [0, 0.05) is 5.75 Å². The fourth-order valence-electron chi connectivity index (χ4n) is 2.83. The number of rotatable bonds is 15. The molecule has 0 radical (unpaired) electrons. The average Bonchev–Trinajstić information content (AvgIpc) is 2.57. The van der Waals surface area contributed by atoms with E-state index >= 15 is 0 Å². The van der Waals surface area contributed by atoms with Gasteiger partial charge < -0.3 is 5.11 Å². The number of thioether (sulfide) groups is 1. The van der Waals surface area contributed by atoms with Crippen LogP contribution in [0.15, 0.2) is 24.3 Å². The van der Waals surface area contributed by atoms with Crippen molar-refractivity contribution < 1.29 is 5.11 Å². The highest BCUT2D eigenvalue weighted by atomic mass is 32.2. The summed E-state index contributed by atoms with van der Waals surface area (Å²) in [6, 6.07) is 7.59. The molecule has 1 N–H and O–H groups in total. The highest BCUT2D eigenvalue weighted by Gasteiger charge is 1.96. The minimum Gasteiger partial charge on any atom is -0.508 e. The van der Waals surface area contributed by atoms with Crippen LogP contribution in [0.5, 0.6) is 5.75 Å². The van der Waals surface area contributed by atoms with Crippen molar-refractivity contribution in [3.8, 4) is 5.75 Å². The quantitative estimate of drug-likeness (QED) is 0.338. The smallest absolute Gasteiger partial charge is 0.115 e. The summed E-state index contributed by atoms with van der Waals surface area (Å²) >= 11 is 2.01. The Morgan fingerprint density at radius 2 is 1.17 bits per heavy atom. The molecular formula is C21H36OS. The van der Waals surface area contributed by atoms with Crippen LogP contribution in [0.25, 0.3) is 0 Å². The highest BCUT2D eigenvalue weighted by molar-refractivity contribution is 7.98. The molecule has 0 aliphatic rings. The van der Waals surface area contributed by atoms with Gasteiger partial charge >= 0.3 is 0 Å². The first kappa shape index (κ1) is 20.4. The SMILES string of the molecule is CCCCCCCCCCCCCCSCc1ccc(O)cc1. The lowest BCUT2D eigenvalue weighted by Gasteiger charge is -2.04. The molecule has 1 aromatic carbocycles. The summed E-state index contributed by atoms with van der Waals surface area (Å²) in [6.45, 7) is 2.28. The molecule has 0 aromatic heterocycles. The number of hydrogen-bond acceptors (Lipinski definition) is 2. The fraction of sp³-hybridized carbons (Fsp3) is 0.714. The summed E-state index contributed by atoms with van der Waals surface area (Å²) in [5.74, 6) is 2.69. The van der Waals surface area contributed by atoms with E-state index in [-0.39, 0.29) is 0 Å². The fourth-order valence-corrected chi connectivity index (χ4v) is 3.81. The molecule has 0 amide bonds. The number of phenolic OH excluding ortho intramolecular Hbond substituents is 1. The van der Waals surface area contributed by atoms with E-state index in [1.807, 2.05) is 23.9 Å². The minimum atomic E-state index is 0.361. The predicted octanol–water partition coefficient (Wildman–Crippen LogP) is 7.33. The van der Waals surface area contributed by atoms with E-state index < -0.39 is 0 Å². The van der Waals surface area contributed by atoms with Crippen LogP contribution in [0, 0.1) is 0 Å². The summed E-state index contributed by atoms with van der Waals surface area (Å²) in [7, 11) is 0. The molecule has 0 heterocycles. The Morgan fingerprint density at radius 1 is 0.696 bits per heavy atom. The molecule has 0 atom stereocenters. The number of hydrogen-bond donors (Lipinski definition) is 1. The lowest BCUT2D eigenvalue weighted by atomic mass is 10.1. The van der Waals surface area contributed by atoms with Crippen molar-refractivity contribution in [1.29, 1.82) is 0 Å². The van der Waals surface area contributed by atoms with Gasteiger partial charge in [-0.15, -0.1) is 0 Å². The van der Waals surface area contributed by atoms with Crippen molar-refractivity contribution in [2.45, 2.75) is 89.7 Å². The summed E-state index contributed by atoms with van der Waals surface area (Å²) in [5, 5.41) is 9.24. The number of phenols is 1. The van der Waals surface area contributed by atoms with E-state index in [0.29, 0.717) is 5.75 Å². The minimum absolute atomic E-state index is 0.361. The Balaban J connectivity index is 1.77. The average molecular weight is 337 g/mol. The van der Waals surface area contributed by atoms with Crippen molar-refractivity contribution in [2.24, 2.45) is 0 Å². The zero-order chi connectivity index (χ0) is 16.6. The zero-order valence-corrected chi connectivity index (χ0v) is 15.9. The molecule has 1 rings (SSSR count). The van der Waals surface area contributed by atoms with Crippen LogP contribution in [0.2, 0.25) is 0 Å². The first-order valence-corrected chi connectivity index (χ1v) is 10.8. The van der Waals surface area contributed by atoms with Crippen LogP contribution in [0.1, 0.15) is 89.5 Å². The first-order valence-electron chi connectivity index (χ1n) is 9.68. The molecule has 0 fully saturated rings. The van der Waals surface area contributed by atoms with Gasteiger partial charge in [-0.2, -0.15) is 11.8 Å². The second-order valence-corrected chi connectivity index (χ2v) is 7.71. The van der Waals surface area contributed by atoms with Crippen LogP contribution < -0.4 is 0 Å². The molecule has 0 bridgehead atoms. The van der Waals surface area contributed by atoms with Gasteiger partial charge in [0.05, 0.1) is 0 Å². The van der Waals surface area contributed by atoms with Crippen LogP contribution >= 0.6 is 11.8 Å². The lowest BCUT2D eigenvalue weighted by Crippen LogP contribution is -1.85.